The molecule has 5 aromatic carbocycles. The lowest BCUT2D eigenvalue weighted by Crippen LogP contribution is -2.18. The van der Waals surface area contributed by atoms with Crippen LogP contribution in [-0.4, -0.2) is 25.7 Å². The molecule has 48 heavy (non-hydrogen) atoms. The van der Waals surface area contributed by atoms with Crippen molar-refractivity contribution >= 4 is 22.3 Å². The molecular weight excluding hydrogens is 615 g/mol. The van der Waals surface area contributed by atoms with Gasteiger partial charge in [0.25, 0.3) is 0 Å². The first-order valence-corrected chi connectivity index (χ1v) is 15.4. The van der Waals surface area contributed by atoms with Gasteiger partial charge in [-0.1, -0.05) is 42.5 Å². The highest BCUT2D eigenvalue weighted by Crippen LogP contribution is 2.36. The molecule has 6 rings (SSSR count). The monoisotopic (exact) mass is 649 g/mol. The minimum absolute atomic E-state index is 0.438. The number of ether oxygens (including phenoxy) is 3. The van der Waals surface area contributed by atoms with Crippen molar-refractivity contribution in [1.82, 2.24) is 10.3 Å². The Bertz CT molecular complexity index is 1950. The van der Waals surface area contributed by atoms with Gasteiger partial charge in [-0.25, -0.2) is 0 Å². The summed E-state index contributed by atoms with van der Waals surface area (Å²) >= 11 is 0. The molecular formula is C39H34F3N3O3. The summed E-state index contributed by atoms with van der Waals surface area (Å²) in [5.74, 6) is 2.38. The molecule has 6 nitrogen and oxygen atoms in total. The third kappa shape index (κ3) is 7.87. The maximum Gasteiger partial charge on any atom is 0.416 e. The summed E-state index contributed by atoms with van der Waals surface area (Å²) in [7, 11) is 3.16. The van der Waals surface area contributed by atoms with Crippen molar-refractivity contribution in [2.45, 2.75) is 19.1 Å². The number of aromatic nitrogens is 1. The van der Waals surface area contributed by atoms with Crippen molar-refractivity contribution in [3.63, 3.8) is 0 Å². The molecule has 0 aliphatic carbocycles. The molecule has 0 unspecified atom stereocenters. The number of rotatable bonds is 12. The Morgan fingerprint density at radius 1 is 0.688 bits per heavy atom. The number of para-hydroxylation sites is 1. The van der Waals surface area contributed by atoms with Gasteiger partial charge in [0.1, 0.15) is 23.0 Å². The number of fused-ring (bicyclic) bond motifs is 1. The van der Waals surface area contributed by atoms with Gasteiger partial charge in [0.15, 0.2) is 0 Å². The van der Waals surface area contributed by atoms with Crippen LogP contribution in [0.25, 0.3) is 22.0 Å². The summed E-state index contributed by atoms with van der Waals surface area (Å²) in [4.78, 5) is 4.57. The van der Waals surface area contributed by atoms with Gasteiger partial charge in [0, 0.05) is 47.2 Å². The maximum absolute atomic E-state index is 12.8. The number of pyridine rings is 1. The highest BCUT2D eigenvalue weighted by Gasteiger charge is 2.29. The number of methoxy groups -OCH3 is 2. The third-order valence-electron chi connectivity index (χ3n) is 7.94. The molecule has 1 heterocycles. The zero-order chi connectivity index (χ0) is 33.5. The standard InChI is InChI=1S/C39H34F3N3O3/c1-46-37-22-34(23-38(47-2)35(37)25-43-20-19-26-7-11-30(12-8-26)39(40,41)42)48-33-17-15-32(16-18-33)45-31-13-9-27(10-14-31)29-21-28-5-3-4-6-36(28)44-24-29/h3-18,21-24,43,45H,19-20,25H2,1-2H3. The number of alkyl halides is 3. The van der Waals surface area contributed by atoms with Crippen LogP contribution in [0.15, 0.2) is 121 Å². The van der Waals surface area contributed by atoms with Crippen LogP contribution in [0.4, 0.5) is 24.5 Å². The van der Waals surface area contributed by atoms with E-state index in [9.17, 15) is 13.2 Å². The van der Waals surface area contributed by atoms with E-state index in [4.69, 9.17) is 14.2 Å². The van der Waals surface area contributed by atoms with Gasteiger partial charge >= 0.3 is 6.18 Å². The SMILES string of the molecule is COc1cc(Oc2ccc(Nc3ccc(-c4cnc5ccccc5c4)cc3)cc2)cc(OC)c1CNCCc1ccc(C(F)(F)F)cc1. The second kappa shape index (κ2) is 14.5. The van der Waals surface area contributed by atoms with E-state index < -0.39 is 11.7 Å². The molecule has 0 saturated heterocycles. The van der Waals surface area contributed by atoms with Crippen molar-refractivity contribution in [2.24, 2.45) is 0 Å². The summed E-state index contributed by atoms with van der Waals surface area (Å²) in [6, 6.07) is 34.9. The highest BCUT2D eigenvalue weighted by atomic mass is 19.4. The number of nitrogens with one attached hydrogen (secondary N) is 2. The molecule has 0 radical (unpaired) electrons. The molecule has 244 valence electrons. The molecule has 0 bridgehead atoms. The van der Waals surface area contributed by atoms with Crippen LogP contribution in [0.5, 0.6) is 23.0 Å². The average molecular weight is 650 g/mol. The maximum atomic E-state index is 12.8. The van der Waals surface area contributed by atoms with Gasteiger partial charge in [-0.05, 0) is 84.8 Å². The van der Waals surface area contributed by atoms with Crippen LogP contribution in [0, 0.1) is 0 Å². The number of nitrogens with zero attached hydrogens (tertiary/aromatic N) is 1. The fraction of sp³-hybridized carbons (Fsp3) is 0.154. The zero-order valence-corrected chi connectivity index (χ0v) is 26.5. The minimum atomic E-state index is -4.34. The van der Waals surface area contributed by atoms with Crippen LogP contribution in [-0.2, 0) is 19.1 Å². The quantitative estimate of drug-likeness (QED) is 0.129. The van der Waals surface area contributed by atoms with E-state index in [0.29, 0.717) is 42.5 Å². The van der Waals surface area contributed by atoms with E-state index >= 15 is 0 Å². The minimum Gasteiger partial charge on any atom is -0.496 e. The molecule has 0 fully saturated rings. The van der Waals surface area contributed by atoms with Crippen molar-refractivity contribution in [3.05, 3.63) is 138 Å². The number of hydrogen-bond acceptors (Lipinski definition) is 6. The molecule has 6 aromatic rings. The van der Waals surface area contributed by atoms with Crippen LogP contribution in [0.2, 0.25) is 0 Å². The number of hydrogen-bond donors (Lipinski definition) is 2. The van der Waals surface area contributed by atoms with Crippen molar-refractivity contribution < 1.29 is 27.4 Å². The van der Waals surface area contributed by atoms with Crippen LogP contribution in [0.1, 0.15) is 16.7 Å². The molecule has 0 amide bonds. The Morgan fingerprint density at radius 3 is 1.98 bits per heavy atom. The second-order valence-electron chi connectivity index (χ2n) is 11.2. The number of anilines is 2. The predicted octanol–water partition coefficient (Wildman–Crippen LogP) is 9.81. The van der Waals surface area contributed by atoms with Crippen LogP contribution < -0.4 is 24.8 Å². The third-order valence-corrected chi connectivity index (χ3v) is 7.94. The Balaban J connectivity index is 1.05. The largest absolute Gasteiger partial charge is 0.496 e. The summed E-state index contributed by atoms with van der Waals surface area (Å²) in [5, 5.41) is 7.86. The van der Waals surface area contributed by atoms with E-state index in [1.54, 1.807) is 26.4 Å². The van der Waals surface area contributed by atoms with Crippen LogP contribution in [0.3, 0.4) is 0 Å². The Morgan fingerprint density at radius 2 is 1.33 bits per heavy atom. The summed E-state index contributed by atoms with van der Waals surface area (Å²) in [6.07, 6.45) is -1.87. The van der Waals surface area contributed by atoms with Gasteiger partial charge in [-0.15, -0.1) is 0 Å². The van der Waals surface area contributed by atoms with Crippen molar-refractivity contribution in [1.29, 1.82) is 0 Å². The Labute approximate surface area is 277 Å². The first kappa shape index (κ1) is 32.4. The van der Waals surface area contributed by atoms with E-state index in [1.165, 1.54) is 12.1 Å². The lowest BCUT2D eigenvalue weighted by Gasteiger charge is -2.17. The Kier molecular flexibility index (Phi) is 9.78. The zero-order valence-electron chi connectivity index (χ0n) is 26.5. The number of benzene rings is 5. The molecule has 0 saturated carbocycles. The van der Waals surface area contributed by atoms with Gasteiger partial charge < -0.3 is 24.8 Å². The first-order chi connectivity index (χ1) is 23.3. The normalized spacial score (nSPS) is 11.4. The van der Waals surface area contributed by atoms with E-state index in [2.05, 4.69) is 39.9 Å². The van der Waals surface area contributed by atoms with E-state index in [0.717, 1.165) is 56.7 Å². The number of halogens is 3. The fourth-order valence-corrected chi connectivity index (χ4v) is 5.38. The summed E-state index contributed by atoms with van der Waals surface area (Å²) in [5.41, 5.74) is 5.97. The molecule has 0 atom stereocenters. The molecule has 0 aliphatic rings. The molecule has 1 aromatic heterocycles. The summed E-state index contributed by atoms with van der Waals surface area (Å²) < 4.78 is 55.9. The lowest BCUT2D eigenvalue weighted by molar-refractivity contribution is -0.137. The topological polar surface area (TPSA) is 64.6 Å². The van der Waals surface area contributed by atoms with Gasteiger partial charge in [0.05, 0.1) is 30.9 Å². The highest BCUT2D eigenvalue weighted by molar-refractivity contribution is 5.83. The molecule has 0 spiro atoms. The second-order valence-corrected chi connectivity index (χ2v) is 11.2. The van der Waals surface area contributed by atoms with Gasteiger partial charge in [0.2, 0.25) is 0 Å². The average Bonchev–Trinajstić information content (AvgIpc) is 3.11. The first-order valence-electron chi connectivity index (χ1n) is 15.4. The molecule has 2 N–H and O–H groups in total. The van der Waals surface area contributed by atoms with Crippen molar-refractivity contribution in [2.75, 3.05) is 26.1 Å². The smallest absolute Gasteiger partial charge is 0.416 e. The predicted molar refractivity (Wildman–Crippen MR) is 183 cm³/mol. The van der Waals surface area contributed by atoms with Gasteiger partial charge in [-0.2, -0.15) is 13.2 Å². The van der Waals surface area contributed by atoms with E-state index in [-0.39, 0.29) is 0 Å². The fourth-order valence-electron chi connectivity index (χ4n) is 5.38. The molecule has 0 aliphatic heterocycles. The van der Waals surface area contributed by atoms with Gasteiger partial charge in [-0.3, -0.25) is 4.98 Å². The van der Waals surface area contributed by atoms with E-state index in [1.807, 2.05) is 60.8 Å². The Hall–Kier alpha value is -5.54. The van der Waals surface area contributed by atoms with Crippen molar-refractivity contribution in [3.8, 4) is 34.1 Å². The lowest BCUT2D eigenvalue weighted by atomic mass is 10.1. The molecule has 9 heteroatoms. The van der Waals surface area contributed by atoms with Crippen LogP contribution >= 0.6 is 0 Å². The summed E-state index contributed by atoms with van der Waals surface area (Å²) in [6.45, 7) is 0.996.